The minimum atomic E-state index is 0.915. The van der Waals surface area contributed by atoms with Crippen molar-refractivity contribution in [2.75, 3.05) is 0 Å². The summed E-state index contributed by atoms with van der Waals surface area (Å²) in [6, 6.07) is 145. The van der Waals surface area contributed by atoms with Crippen LogP contribution in [0.2, 0.25) is 0 Å². The summed E-state index contributed by atoms with van der Waals surface area (Å²) < 4.78 is 0. The molecule has 0 aliphatic heterocycles. The number of fused-ring (bicyclic) bond motifs is 15. The fourth-order valence-corrected chi connectivity index (χ4v) is 17.8. The summed E-state index contributed by atoms with van der Waals surface area (Å²) in [5.41, 5.74) is 24.3. The molecular formula is C108H66N4. The lowest BCUT2D eigenvalue weighted by Gasteiger charge is -2.18. The average Bonchev–Trinajstić information content (AvgIpc) is 0.734. The molecule has 4 aromatic heterocycles. The zero-order valence-electron chi connectivity index (χ0n) is 60.9. The second kappa shape index (κ2) is 26.5. The number of nitrogens with zero attached hydrogens (tertiary/aromatic N) is 4. The first-order valence-electron chi connectivity index (χ1n) is 38.4. The fourth-order valence-electron chi connectivity index (χ4n) is 17.8. The van der Waals surface area contributed by atoms with Crippen molar-refractivity contribution in [2.45, 2.75) is 0 Å². The quantitative estimate of drug-likeness (QED) is 0.112. The molecule has 0 amide bonds. The molecule has 0 N–H and O–H groups in total. The molecule has 0 saturated carbocycles. The van der Waals surface area contributed by atoms with Crippen LogP contribution in [-0.4, -0.2) is 19.9 Å². The third kappa shape index (κ3) is 10.8. The molecule has 19 aromatic carbocycles. The molecular weight excluding hydrogens is 1350 g/mol. The van der Waals surface area contributed by atoms with Gasteiger partial charge in [-0.15, -0.1) is 0 Å². The van der Waals surface area contributed by atoms with Crippen LogP contribution in [0.25, 0.3) is 230 Å². The van der Waals surface area contributed by atoms with Crippen LogP contribution in [0.15, 0.2) is 400 Å². The Morgan fingerprint density at radius 1 is 0.125 bits per heavy atom. The van der Waals surface area contributed by atoms with Gasteiger partial charge in [0.05, 0.1) is 44.5 Å². The number of hydrogen-bond acceptors (Lipinski definition) is 4. The molecule has 4 heterocycles. The molecule has 0 bridgehead atoms. The Morgan fingerprint density at radius 3 is 0.777 bits per heavy atom. The van der Waals surface area contributed by atoms with Crippen molar-refractivity contribution in [2.24, 2.45) is 0 Å². The maximum absolute atomic E-state index is 5.34. The number of aromatic nitrogens is 4. The van der Waals surface area contributed by atoms with Gasteiger partial charge >= 0.3 is 0 Å². The summed E-state index contributed by atoms with van der Waals surface area (Å²) in [5.74, 6) is 0. The summed E-state index contributed by atoms with van der Waals surface area (Å²) >= 11 is 0. The normalized spacial score (nSPS) is 11.8. The molecule has 23 aromatic rings. The molecule has 0 saturated heterocycles. The van der Waals surface area contributed by atoms with E-state index in [9.17, 15) is 0 Å². The molecule has 0 aliphatic carbocycles. The van der Waals surface area contributed by atoms with E-state index in [4.69, 9.17) is 19.9 Å². The lowest BCUT2D eigenvalue weighted by molar-refractivity contribution is 1.39. The highest BCUT2D eigenvalue weighted by molar-refractivity contribution is 6.25. The van der Waals surface area contributed by atoms with E-state index in [1.807, 2.05) is 0 Å². The lowest BCUT2D eigenvalue weighted by Crippen LogP contribution is -1.93. The summed E-state index contributed by atoms with van der Waals surface area (Å²) in [6.07, 6.45) is 0. The van der Waals surface area contributed by atoms with Crippen LogP contribution in [0.4, 0.5) is 0 Å². The molecule has 518 valence electrons. The van der Waals surface area contributed by atoms with Crippen molar-refractivity contribution < 1.29 is 0 Å². The molecule has 0 fully saturated rings. The number of hydrogen-bond donors (Lipinski definition) is 0. The van der Waals surface area contributed by atoms with Gasteiger partial charge in [-0.05, 0) is 180 Å². The first-order chi connectivity index (χ1) is 55.5. The first kappa shape index (κ1) is 64.3. The smallest absolute Gasteiger partial charge is 0.0978 e. The van der Waals surface area contributed by atoms with Crippen LogP contribution in [0.1, 0.15) is 0 Å². The monoisotopic (exact) mass is 1420 g/mol. The van der Waals surface area contributed by atoms with E-state index in [1.165, 1.54) is 142 Å². The molecule has 4 nitrogen and oxygen atoms in total. The van der Waals surface area contributed by atoms with Gasteiger partial charge in [0.25, 0.3) is 0 Å². The van der Waals surface area contributed by atoms with Crippen LogP contribution in [0.3, 0.4) is 0 Å². The molecule has 0 spiro atoms. The van der Waals surface area contributed by atoms with Gasteiger partial charge in [0.15, 0.2) is 0 Å². The van der Waals surface area contributed by atoms with E-state index in [0.29, 0.717) is 0 Å². The largest absolute Gasteiger partial charge is 0.245 e. The van der Waals surface area contributed by atoms with Crippen molar-refractivity contribution in [1.82, 2.24) is 19.9 Å². The van der Waals surface area contributed by atoms with Crippen LogP contribution >= 0.6 is 0 Å². The van der Waals surface area contributed by atoms with Gasteiger partial charge in [0.2, 0.25) is 0 Å². The van der Waals surface area contributed by atoms with E-state index < -0.39 is 0 Å². The Hall–Kier alpha value is -14.8. The van der Waals surface area contributed by atoms with Crippen molar-refractivity contribution >= 4 is 141 Å². The highest BCUT2D eigenvalue weighted by atomic mass is 14.8. The number of para-hydroxylation sites is 2. The molecule has 0 atom stereocenters. The van der Waals surface area contributed by atoms with Gasteiger partial charge in [-0.3, -0.25) is 0 Å². The second-order valence-corrected chi connectivity index (χ2v) is 29.4. The van der Waals surface area contributed by atoms with E-state index in [0.717, 1.165) is 87.9 Å². The Kier molecular flexibility index (Phi) is 15.2. The Labute approximate surface area is 646 Å². The molecule has 23 rings (SSSR count). The van der Waals surface area contributed by atoms with Crippen LogP contribution in [-0.2, 0) is 0 Å². The summed E-state index contributed by atoms with van der Waals surface area (Å²) in [6.45, 7) is 0. The van der Waals surface area contributed by atoms with Crippen molar-refractivity contribution in [3.8, 4) is 89.3 Å². The van der Waals surface area contributed by atoms with Crippen LogP contribution in [0.5, 0.6) is 0 Å². The molecule has 0 radical (unpaired) electrons. The minimum absolute atomic E-state index is 0.915. The Bertz CT molecular complexity index is 7690. The zero-order valence-corrected chi connectivity index (χ0v) is 60.9. The Morgan fingerprint density at radius 2 is 0.375 bits per heavy atom. The van der Waals surface area contributed by atoms with Crippen LogP contribution < -0.4 is 0 Å². The number of benzene rings is 19. The SMILES string of the molecule is c1ccc(-c2c3ccccc3nc3c2ccc2ccc(-c4ccc(-c5c6ccccc6c(-c6ccc7ccccc7c6)c6ccccc56)cc4)nc23)cc1.c1ccc(-c2c3ccccc3nc3c2ccc2ccc(-c4ccc5cc(-c6c7ccccc7c(-c7ccc8ccccc8c7)c7ccccc67)ccc5c4)nc23)cc1. The first-order valence-corrected chi connectivity index (χ1v) is 38.4. The highest BCUT2D eigenvalue weighted by Crippen LogP contribution is 2.48. The average molecular weight is 1420 g/mol. The van der Waals surface area contributed by atoms with E-state index in [1.54, 1.807) is 0 Å². The maximum atomic E-state index is 5.34. The van der Waals surface area contributed by atoms with E-state index in [2.05, 4.69) is 400 Å². The van der Waals surface area contributed by atoms with Gasteiger partial charge in [0, 0.05) is 54.6 Å². The van der Waals surface area contributed by atoms with Crippen molar-refractivity contribution in [1.29, 1.82) is 0 Å². The van der Waals surface area contributed by atoms with Gasteiger partial charge in [-0.25, -0.2) is 19.9 Å². The minimum Gasteiger partial charge on any atom is -0.245 e. The summed E-state index contributed by atoms with van der Waals surface area (Å²) in [4.78, 5) is 21.1. The Balaban J connectivity index is 0.000000138. The van der Waals surface area contributed by atoms with E-state index in [-0.39, 0.29) is 0 Å². The van der Waals surface area contributed by atoms with E-state index >= 15 is 0 Å². The predicted octanol–water partition coefficient (Wildman–Crippen LogP) is 29.3. The van der Waals surface area contributed by atoms with Crippen molar-refractivity contribution in [3.63, 3.8) is 0 Å². The third-order valence-corrected chi connectivity index (χ3v) is 23.0. The molecule has 4 heteroatoms. The fraction of sp³-hybridized carbons (Fsp3) is 0. The highest BCUT2D eigenvalue weighted by Gasteiger charge is 2.22. The summed E-state index contributed by atoms with van der Waals surface area (Å²) in [5, 5.41) is 24.1. The molecule has 0 aliphatic rings. The van der Waals surface area contributed by atoms with Gasteiger partial charge in [-0.1, -0.05) is 352 Å². The third-order valence-electron chi connectivity index (χ3n) is 23.0. The van der Waals surface area contributed by atoms with Crippen LogP contribution in [0, 0.1) is 0 Å². The zero-order chi connectivity index (χ0) is 73.7. The molecule has 0 unspecified atom stereocenters. The second-order valence-electron chi connectivity index (χ2n) is 29.4. The maximum Gasteiger partial charge on any atom is 0.0978 e. The number of rotatable bonds is 8. The van der Waals surface area contributed by atoms with Crippen molar-refractivity contribution in [3.05, 3.63) is 400 Å². The van der Waals surface area contributed by atoms with Gasteiger partial charge in [-0.2, -0.15) is 0 Å². The molecule has 112 heavy (non-hydrogen) atoms. The predicted molar refractivity (Wildman–Crippen MR) is 475 cm³/mol. The van der Waals surface area contributed by atoms with Gasteiger partial charge < -0.3 is 0 Å². The topological polar surface area (TPSA) is 51.6 Å². The standard InChI is InChI=1S/C56H34N2.C52H32N2/c1-2-13-36(14-3-1)52-48-20-10-11-21-51(48)58-56-49(52)30-28-37-29-31-50(57-55(37)56)41-25-23-40-34-43(27-24-39(40)32-41)54-46-18-8-6-16-44(46)53(45-17-7-9-19-47(45)54)42-26-22-35-12-4-5-15-38(35)33-42;1-2-13-35(14-3-1)49-44-20-10-11-21-47(44)54-52-45(49)30-28-37-29-31-46(53-51(37)52)34-23-25-36(26-24-34)48-40-16-6-8-18-42(40)50(43-19-9-7-17-41(43)48)39-27-22-33-12-4-5-15-38(33)32-39/h1-34H;1-32H. The lowest BCUT2D eigenvalue weighted by atomic mass is 9.85. The van der Waals surface area contributed by atoms with Gasteiger partial charge in [0.1, 0.15) is 0 Å². The summed E-state index contributed by atoms with van der Waals surface area (Å²) in [7, 11) is 0. The number of pyridine rings is 4.